The van der Waals surface area contributed by atoms with Gasteiger partial charge in [-0.15, -0.1) is 0 Å². The number of hydrogen-bond donors (Lipinski definition) is 1. The molecule has 1 N–H and O–H groups in total. The number of nitrogens with one attached hydrogen (secondary N) is 1. The minimum absolute atomic E-state index is 0.404. The molecule has 2 aromatic rings. The third-order valence-electron chi connectivity index (χ3n) is 3.17. The molecular formula is C17H20ClNO. The number of hydrogen-bond acceptors (Lipinski definition) is 2. The lowest BCUT2D eigenvalue weighted by Crippen LogP contribution is -2.07. The van der Waals surface area contributed by atoms with Crippen molar-refractivity contribution in [2.24, 2.45) is 0 Å². The first-order valence-corrected chi connectivity index (χ1v) is 7.20. The highest BCUT2D eigenvalue weighted by Gasteiger charge is 2.13. The molecule has 3 heteroatoms. The second-order valence-corrected chi connectivity index (χ2v) is 5.46. The Morgan fingerprint density at radius 3 is 2.55 bits per heavy atom. The zero-order chi connectivity index (χ0) is 14.5. The average Bonchev–Trinajstić information content (AvgIpc) is 2.43. The smallest absolute Gasteiger partial charge is 0.150 e. The molecule has 0 spiro atoms. The molecule has 0 heterocycles. The van der Waals surface area contributed by atoms with Crippen molar-refractivity contribution >= 4 is 11.6 Å². The minimum atomic E-state index is 0.404. The number of ether oxygens (including phenoxy) is 1. The quantitative estimate of drug-likeness (QED) is 0.838. The highest BCUT2D eigenvalue weighted by atomic mass is 35.5. The van der Waals surface area contributed by atoms with Gasteiger partial charge in [0.25, 0.3) is 0 Å². The number of halogens is 1. The molecule has 0 fully saturated rings. The van der Waals surface area contributed by atoms with Gasteiger partial charge in [-0.1, -0.05) is 55.8 Å². The van der Waals surface area contributed by atoms with Gasteiger partial charge in [0.1, 0.15) is 5.75 Å². The van der Waals surface area contributed by atoms with E-state index in [4.69, 9.17) is 16.3 Å². The van der Waals surface area contributed by atoms with Crippen molar-refractivity contribution in [3.63, 3.8) is 0 Å². The van der Waals surface area contributed by atoms with Crippen LogP contribution in [-0.4, -0.2) is 7.05 Å². The van der Waals surface area contributed by atoms with Crippen LogP contribution in [0.2, 0.25) is 5.02 Å². The zero-order valence-electron chi connectivity index (χ0n) is 12.1. The summed E-state index contributed by atoms with van der Waals surface area (Å²) in [6.45, 7) is 5.03. The maximum absolute atomic E-state index is 6.29. The van der Waals surface area contributed by atoms with Crippen LogP contribution in [0.15, 0.2) is 42.5 Å². The van der Waals surface area contributed by atoms with Crippen molar-refractivity contribution in [2.45, 2.75) is 26.3 Å². The molecule has 0 saturated heterocycles. The fourth-order valence-corrected chi connectivity index (χ4v) is 2.39. The van der Waals surface area contributed by atoms with Gasteiger partial charge in [0, 0.05) is 12.1 Å². The minimum Gasteiger partial charge on any atom is -0.455 e. The van der Waals surface area contributed by atoms with Crippen LogP contribution in [0.5, 0.6) is 11.5 Å². The summed E-state index contributed by atoms with van der Waals surface area (Å²) < 4.78 is 6.11. The molecule has 0 amide bonds. The van der Waals surface area contributed by atoms with Gasteiger partial charge in [-0.05, 0) is 30.7 Å². The van der Waals surface area contributed by atoms with Gasteiger partial charge in [-0.3, -0.25) is 0 Å². The lowest BCUT2D eigenvalue weighted by molar-refractivity contribution is 0.465. The van der Waals surface area contributed by atoms with Gasteiger partial charge in [0.2, 0.25) is 0 Å². The third-order valence-corrected chi connectivity index (χ3v) is 3.47. The van der Waals surface area contributed by atoms with Crippen molar-refractivity contribution < 1.29 is 4.74 Å². The van der Waals surface area contributed by atoms with Gasteiger partial charge in [0.15, 0.2) is 5.75 Å². The van der Waals surface area contributed by atoms with Gasteiger partial charge in [0.05, 0.1) is 5.02 Å². The molecule has 0 saturated carbocycles. The van der Waals surface area contributed by atoms with Crippen molar-refractivity contribution in [2.75, 3.05) is 7.05 Å². The van der Waals surface area contributed by atoms with Crippen LogP contribution in [0.25, 0.3) is 0 Å². The van der Waals surface area contributed by atoms with E-state index in [1.165, 1.54) is 5.56 Å². The predicted molar refractivity (Wildman–Crippen MR) is 84.8 cm³/mol. The van der Waals surface area contributed by atoms with Crippen LogP contribution < -0.4 is 10.1 Å². The first-order chi connectivity index (χ1) is 9.63. The van der Waals surface area contributed by atoms with E-state index >= 15 is 0 Å². The number of rotatable bonds is 5. The Morgan fingerprint density at radius 1 is 1.10 bits per heavy atom. The first-order valence-electron chi connectivity index (χ1n) is 6.82. The van der Waals surface area contributed by atoms with E-state index in [0.717, 1.165) is 23.6 Å². The van der Waals surface area contributed by atoms with E-state index in [9.17, 15) is 0 Å². The molecule has 0 unspecified atom stereocenters. The molecule has 0 aromatic heterocycles. The summed E-state index contributed by atoms with van der Waals surface area (Å²) in [6, 6.07) is 13.9. The molecule has 0 bridgehead atoms. The van der Waals surface area contributed by atoms with Crippen molar-refractivity contribution in [3.05, 3.63) is 58.6 Å². The monoisotopic (exact) mass is 289 g/mol. The summed E-state index contributed by atoms with van der Waals surface area (Å²) in [5, 5.41) is 3.77. The highest BCUT2D eigenvalue weighted by Crippen LogP contribution is 2.36. The third kappa shape index (κ3) is 3.33. The standard InChI is InChI=1S/C17H20ClNO/c1-12(2)14-8-4-5-10-16(14)20-17-13(11-19-3)7-6-9-15(17)18/h4-10,12,19H,11H2,1-3H3. The van der Waals surface area contributed by atoms with Crippen molar-refractivity contribution in [1.29, 1.82) is 0 Å². The predicted octanol–water partition coefficient (Wildman–Crippen LogP) is 4.98. The fourth-order valence-electron chi connectivity index (χ4n) is 2.16. The van der Waals surface area contributed by atoms with E-state index in [1.54, 1.807) is 0 Å². The van der Waals surface area contributed by atoms with Crippen LogP contribution in [0.1, 0.15) is 30.9 Å². The van der Waals surface area contributed by atoms with E-state index in [0.29, 0.717) is 10.9 Å². The first kappa shape index (κ1) is 14.9. The summed E-state index contributed by atoms with van der Waals surface area (Å²) in [7, 11) is 1.91. The Kier molecular flexibility index (Phi) is 5.05. The van der Waals surface area contributed by atoms with Crippen LogP contribution in [0.4, 0.5) is 0 Å². The van der Waals surface area contributed by atoms with E-state index in [2.05, 4.69) is 25.2 Å². The maximum atomic E-state index is 6.29. The topological polar surface area (TPSA) is 21.3 Å². The fraction of sp³-hybridized carbons (Fsp3) is 0.294. The number of benzene rings is 2. The molecular weight excluding hydrogens is 270 g/mol. The second kappa shape index (κ2) is 6.78. The van der Waals surface area contributed by atoms with Crippen LogP contribution in [0.3, 0.4) is 0 Å². The molecule has 2 rings (SSSR count). The lowest BCUT2D eigenvalue weighted by Gasteiger charge is -2.17. The summed E-state index contributed by atoms with van der Waals surface area (Å²) in [4.78, 5) is 0. The average molecular weight is 290 g/mol. The summed E-state index contributed by atoms with van der Waals surface area (Å²) in [5.41, 5.74) is 2.24. The van der Waals surface area contributed by atoms with Crippen LogP contribution in [-0.2, 0) is 6.54 Å². The van der Waals surface area contributed by atoms with Gasteiger partial charge in [-0.25, -0.2) is 0 Å². The zero-order valence-corrected chi connectivity index (χ0v) is 12.9. The molecule has 0 atom stereocenters. The normalized spacial score (nSPS) is 10.8. The number of para-hydroxylation sites is 2. The largest absolute Gasteiger partial charge is 0.455 e. The van der Waals surface area contributed by atoms with Gasteiger partial charge in [-0.2, -0.15) is 0 Å². The highest BCUT2D eigenvalue weighted by molar-refractivity contribution is 6.32. The Labute approximate surface area is 125 Å². The molecule has 0 aliphatic rings. The molecule has 0 aliphatic heterocycles. The molecule has 106 valence electrons. The van der Waals surface area contributed by atoms with E-state index in [1.807, 2.05) is 43.4 Å². The van der Waals surface area contributed by atoms with Gasteiger partial charge < -0.3 is 10.1 Å². The second-order valence-electron chi connectivity index (χ2n) is 5.05. The molecule has 20 heavy (non-hydrogen) atoms. The molecule has 2 nitrogen and oxygen atoms in total. The summed E-state index contributed by atoms with van der Waals surface area (Å²) in [6.07, 6.45) is 0. The van der Waals surface area contributed by atoms with Crippen molar-refractivity contribution in [3.8, 4) is 11.5 Å². The summed E-state index contributed by atoms with van der Waals surface area (Å²) in [5.74, 6) is 2.01. The molecule has 2 aromatic carbocycles. The SMILES string of the molecule is CNCc1cccc(Cl)c1Oc1ccccc1C(C)C. The van der Waals surface area contributed by atoms with Crippen molar-refractivity contribution in [1.82, 2.24) is 5.32 Å². The Morgan fingerprint density at radius 2 is 1.85 bits per heavy atom. The van der Waals surface area contributed by atoms with E-state index in [-0.39, 0.29) is 0 Å². The Hall–Kier alpha value is -1.51. The Bertz CT molecular complexity index is 581. The summed E-state index contributed by atoms with van der Waals surface area (Å²) >= 11 is 6.29. The van der Waals surface area contributed by atoms with Gasteiger partial charge >= 0.3 is 0 Å². The van der Waals surface area contributed by atoms with Crippen LogP contribution >= 0.6 is 11.6 Å². The molecule has 0 radical (unpaired) electrons. The molecule has 0 aliphatic carbocycles. The maximum Gasteiger partial charge on any atom is 0.150 e. The van der Waals surface area contributed by atoms with E-state index < -0.39 is 0 Å². The Balaban J connectivity index is 2.40. The lowest BCUT2D eigenvalue weighted by atomic mass is 10.0. The van der Waals surface area contributed by atoms with Crippen LogP contribution in [0, 0.1) is 0 Å².